The largest absolute Gasteiger partial charge is 0.378 e. The molecule has 1 aromatic heterocycles. The van der Waals surface area contributed by atoms with Crippen LogP contribution in [0.1, 0.15) is 42.8 Å². The van der Waals surface area contributed by atoms with Crippen molar-refractivity contribution in [3.8, 4) is 0 Å². The van der Waals surface area contributed by atoms with Gasteiger partial charge in [0.2, 0.25) is 0 Å². The maximum atomic E-state index is 6.24. The van der Waals surface area contributed by atoms with Crippen LogP contribution < -0.4 is 0 Å². The lowest BCUT2D eigenvalue weighted by atomic mass is 9.97. The summed E-state index contributed by atoms with van der Waals surface area (Å²) in [5.41, 5.74) is 2.35. The molecule has 1 saturated heterocycles. The Morgan fingerprint density at radius 2 is 2.06 bits per heavy atom. The Balaban J connectivity index is 1.82. The van der Waals surface area contributed by atoms with Gasteiger partial charge < -0.3 is 4.74 Å². The van der Waals surface area contributed by atoms with Crippen LogP contribution in [0.5, 0.6) is 0 Å². The van der Waals surface area contributed by atoms with E-state index in [0.717, 1.165) is 44.5 Å². The molecular formula is C13H17ClN2O. The molecule has 1 aliphatic carbocycles. The van der Waals surface area contributed by atoms with Gasteiger partial charge in [0.15, 0.2) is 0 Å². The smallest absolute Gasteiger partial charge is 0.136 e. The lowest BCUT2D eigenvalue weighted by molar-refractivity contribution is 0.110. The lowest BCUT2D eigenvalue weighted by Crippen LogP contribution is -2.15. The second-order valence-electron chi connectivity index (χ2n) is 4.90. The second-order valence-corrected chi connectivity index (χ2v) is 5.26. The van der Waals surface area contributed by atoms with E-state index in [2.05, 4.69) is 9.97 Å². The summed E-state index contributed by atoms with van der Waals surface area (Å²) in [6, 6.07) is 0. The third-order valence-electron chi connectivity index (χ3n) is 3.61. The molecule has 2 aliphatic rings. The predicted octanol–water partition coefficient (Wildman–Crippen LogP) is 2.73. The Bertz CT molecular complexity index is 416. The fourth-order valence-electron chi connectivity index (χ4n) is 2.70. The predicted molar refractivity (Wildman–Crippen MR) is 66.4 cm³/mol. The highest BCUT2D eigenvalue weighted by Gasteiger charge is 2.21. The van der Waals surface area contributed by atoms with Crippen molar-refractivity contribution in [2.45, 2.75) is 51.0 Å². The van der Waals surface area contributed by atoms with E-state index in [1.165, 1.54) is 24.1 Å². The molecule has 1 fully saturated rings. The fourth-order valence-corrected chi connectivity index (χ4v) is 3.00. The number of rotatable bonds is 2. The summed E-state index contributed by atoms with van der Waals surface area (Å²) in [5.74, 6) is 0.863. The molecule has 3 rings (SSSR count). The molecule has 0 amide bonds. The minimum Gasteiger partial charge on any atom is -0.378 e. The summed E-state index contributed by atoms with van der Waals surface area (Å²) >= 11 is 6.24. The van der Waals surface area contributed by atoms with Gasteiger partial charge in [-0.2, -0.15) is 0 Å². The van der Waals surface area contributed by atoms with Crippen molar-refractivity contribution in [1.29, 1.82) is 0 Å². The Labute approximate surface area is 107 Å². The number of halogens is 1. The molecule has 1 unspecified atom stereocenters. The molecule has 0 spiro atoms. The Hall–Kier alpha value is -0.670. The van der Waals surface area contributed by atoms with Crippen LogP contribution in [0.15, 0.2) is 0 Å². The number of aromatic nitrogens is 2. The van der Waals surface area contributed by atoms with Crippen molar-refractivity contribution in [3.63, 3.8) is 0 Å². The highest BCUT2D eigenvalue weighted by atomic mass is 35.5. The molecule has 1 atom stereocenters. The van der Waals surface area contributed by atoms with Crippen LogP contribution in [0.3, 0.4) is 0 Å². The average Bonchev–Trinajstić information content (AvgIpc) is 2.82. The lowest BCUT2D eigenvalue weighted by Gasteiger charge is -2.17. The second kappa shape index (κ2) is 4.91. The minimum absolute atomic E-state index is 0.299. The molecule has 4 heteroatoms. The van der Waals surface area contributed by atoms with Gasteiger partial charge in [-0.3, -0.25) is 0 Å². The van der Waals surface area contributed by atoms with Gasteiger partial charge in [-0.15, -0.1) is 0 Å². The number of ether oxygens (including phenoxy) is 1. The van der Waals surface area contributed by atoms with E-state index in [1.54, 1.807) is 0 Å². The van der Waals surface area contributed by atoms with Crippen LogP contribution in [-0.2, 0) is 24.0 Å². The van der Waals surface area contributed by atoms with E-state index < -0.39 is 0 Å². The molecule has 1 aliphatic heterocycles. The first kappa shape index (κ1) is 11.4. The molecule has 2 heterocycles. The number of nitrogens with zero attached hydrogens (tertiary/aromatic N) is 2. The zero-order chi connectivity index (χ0) is 11.7. The Morgan fingerprint density at radius 3 is 2.88 bits per heavy atom. The number of aryl methyl sites for hydroxylation is 1. The molecule has 17 heavy (non-hydrogen) atoms. The average molecular weight is 253 g/mol. The molecule has 3 nitrogen and oxygen atoms in total. The maximum Gasteiger partial charge on any atom is 0.136 e. The van der Waals surface area contributed by atoms with E-state index in [1.807, 2.05) is 0 Å². The summed E-state index contributed by atoms with van der Waals surface area (Å²) in [5, 5.41) is 0.669. The summed E-state index contributed by atoms with van der Waals surface area (Å²) < 4.78 is 5.62. The van der Waals surface area contributed by atoms with Crippen LogP contribution in [0, 0.1) is 0 Å². The molecular weight excluding hydrogens is 236 g/mol. The highest BCUT2D eigenvalue weighted by molar-refractivity contribution is 6.30. The van der Waals surface area contributed by atoms with Crippen molar-refractivity contribution in [2.24, 2.45) is 0 Å². The zero-order valence-electron chi connectivity index (χ0n) is 9.91. The topological polar surface area (TPSA) is 35.0 Å². The molecule has 0 aromatic carbocycles. The number of hydrogen-bond donors (Lipinski definition) is 0. The minimum atomic E-state index is 0.299. The van der Waals surface area contributed by atoms with Crippen molar-refractivity contribution in [2.75, 3.05) is 6.61 Å². The fraction of sp³-hybridized carbons (Fsp3) is 0.692. The van der Waals surface area contributed by atoms with Crippen LogP contribution in [0.4, 0.5) is 0 Å². The molecule has 0 bridgehead atoms. The third kappa shape index (κ3) is 2.45. The quantitative estimate of drug-likeness (QED) is 0.760. The first-order valence-corrected chi connectivity index (χ1v) is 6.86. The van der Waals surface area contributed by atoms with Gasteiger partial charge in [0.25, 0.3) is 0 Å². The monoisotopic (exact) mass is 252 g/mol. The number of hydrogen-bond acceptors (Lipinski definition) is 3. The first-order valence-electron chi connectivity index (χ1n) is 6.48. The first-order chi connectivity index (χ1) is 8.33. The maximum absolute atomic E-state index is 6.24. The van der Waals surface area contributed by atoms with Gasteiger partial charge in [-0.25, -0.2) is 9.97 Å². The van der Waals surface area contributed by atoms with Gasteiger partial charge in [-0.1, -0.05) is 11.6 Å². The zero-order valence-corrected chi connectivity index (χ0v) is 10.7. The van der Waals surface area contributed by atoms with Crippen molar-refractivity contribution in [3.05, 3.63) is 22.2 Å². The van der Waals surface area contributed by atoms with E-state index in [0.29, 0.717) is 11.3 Å². The van der Waals surface area contributed by atoms with E-state index in [-0.39, 0.29) is 0 Å². The van der Waals surface area contributed by atoms with Crippen LogP contribution in [-0.4, -0.2) is 22.7 Å². The SMILES string of the molecule is Clc1nc(CC2CCCO2)nc2c1CCCC2. The Kier molecular flexibility index (Phi) is 3.30. The standard InChI is InChI=1S/C13H17ClN2O/c14-13-10-5-1-2-6-11(10)15-12(16-13)8-9-4-3-7-17-9/h9H,1-8H2. The third-order valence-corrected chi connectivity index (χ3v) is 3.93. The molecule has 0 saturated carbocycles. The van der Waals surface area contributed by atoms with Gasteiger partial charge in [0.1, 0.15) is 11.0 Å². The summed E-state index contributed by atoms with van der Waals surface area (Å²) in [7, 11) is 0. The van der Waals surface area contributed by atoms with Gasteiger partial charge in [-0.05, 0) is 38.5 Å². The van der Waals surface area contributed by atoms with Gasteiger partial charge in [0, 0.05) is 24.3 Å². The normalized spacial score (nSPS) is 23.7. The Morgan fingerprint density at radius 1 is 1.18 bits per heavy atom. The summed E-state index contributed by atoms with van der Waals surface area (Å²) in [4.78, 5) is 9.09. The molecule has 0 N–H and O–H groups in total. The van der Waals surface area contributed by atoms with E-state index in [9.17, 15) is 0 Å². The molecule has 92 valence electrons. The van der Waals surface area contributed by atoms with Crippen LogP contribution in [0.25, 0.3) is 0 Å². The van der Waals surface area contributed by atoms with Gasteiger partial charge in [0.05, 0.1) is 6.10 Å². The summed E-state index contributed by atoms with van der Waals surface area (Å²) in [6.07, 6.45) is 7.91. The molecule has 1 aromatic rings. The van der Waals surface area contributed by atoms with E-state index >= 15 is 0 Å². The highest BCUT2D eigenvalue weighted by Crippen LogP contribution is 2.26. The van der Waals surface area contributed by atoms with Crippen LogP contribution in [0.2, 0.25) is 5.15 Å². The van der Waals surface area contributed by atoms with E-state index in [4.69, 9.17) is 16.3 Å². The van der Waals surface area contributed by atoms with Crippen molar-refractivity contribution < 1.29 is 4.74 Å². The van der Waals surface area contributed by atoms with Gasteiger partial charge >= 0.3 is 0 Å². The molecule has 0 radical (unpaired) electrons. The number of fused-ring (bicyclic) bond motifs is 1. The van der Waals surface area contributed by atoms with Crippen molar-refractivity contribution >= 4 is 11.6 Å². The summed E-state index contributed by atoms with van der Waals surface area (Å²) in [6.45, 7) is 0.878. The van der Waals surface area contributed by atoms with Crippen LogP contribution >= 0.6 is 11.6 Å². The van der Waals surface area contributed by atoms with Crippen molar-refractivity contribution in [1.82, 2.24) is 9.97 Å².